The topological polar surface area (TPSA) is 77.8 Å². The van der Waals surface area contributed by atoms with Crippen molar-refractivity contribution in [2.45, 2.75) is 0 Å². The number of rotatable bonds is 4. The summed E-state index contributed by atoms with van der Waals surface area (Å²) >= 11 is 1.73. The van der Waals surface area contributed by atoms with Gasteiger partial charge in [0.1, 0.15) is 16.7 Å². The van der Waals surface area contributed by atoms with Crippen LogP contribution in [0.4, 0.5) is 0 Å². The average Bonchev–Trinajstić information content (AvgIpc) is 3.84. The summed E-state index contributed by atoms with van der Waals surface area (Å²) in [6.07, 6.45) is 0. The van der Waals surface area contributed by atoms with Crippen molar-refractivity contribution in [2.75, 3.05) is 0 Å². The quantitative estimate of drug-likeness (QED) is 0.194. The Morgan fingerprint density at radius 2 is 1.09 bits per heavy atom. The summed E-state index contributed by atoms with van der Waals surface area (Å²) in [6, 6.07) is 44.7. The van der Waals surface area contributed by atoms with E-state index in [1.165, 1.54) is 0 Å². The summed E-state index contributed by atoms with van der Waals surface area (Å²) in [5.41, 5.74) is 6.89. The fraction of sp³-hybridized carbons (Fsp3) is 0. The third kappa shape index (κ3) is 4.17. The monoisotopic (exact) mass is 622 g/mol. The first-order valence-corrected chi connectivity index (χ1v) is 16.1. The normalized spacial score (nSPS) is 11.8. The molecule has 0 amide bonds. The first kappa shape index (κ1) is 26.1. The Kier molecular flexibility index (Phi) is 5.64. The maximum atomic E-state index is 6.29. The van der Waals surface area contributed by atoms with Crippen LogP contribution in [0.15, 0.2) is 142 Å². The smallest absolute Gasteiger partial charge is 0.227 e. The summed E-state index contributed by atoms with van der Waals surface area (Å²) in [6.45, 7) is 0. The summed E-state index contributed by atoms with van der Waals surface area (Å²) in [5.74, 6) is 2.41. The lowest BCUT2D eigenvalue weighted by atomic mass is 10.0. The van der Waals surface area contributed by atoms with Crippen molar-refractivity contribution in [3.8, 4) is 45.6 Å². The Morgan fingerprint density at radius 3 is 1.89 bits per heavy atom. The zero-order chi connectivity index (χ0) is 30.9. The highest BCUT2D eigenvalue weighted by atomic mass is 32.1. The molecule has 0 bridgehead atoms. The first-order chi connectivity index (χ1) is 23.3. The van der Waals surface area contributed by atoms with Gasteiger partial charge in [-0.2, -0.15) is 0 Å². The Balaban J connectivity index is 1.23. The second-order valence-electron chi connectivity index (χ2n) is 11.4. The standard InChI is InChI=1S/C40H22N4O2S/c1-3-11-23(12-4-1)37-42-38(26-16-9-19-31-35(26)25-15-7-8-18-30(25)45-31)44-39(43-37)27-17-10-20-33-36(27)28-21-32-29(22-34(28)47-33)41-40(46-32)24-13-5-2-6-14-24/h1-22H. The molecule has 0 N–H and O–H groups in total. The minimum absolute atomic E-state index is 0.590. The fourth-order valence-corrected chi connectivity index (χ4v) is 7.58. The third-order valence-corrected chi connectivity index (χ3v) is 9.70. The van der Waals surface area contributed by atoms with E-state index < -0.39 is 0 Å². The highest BCUT2D eigenvalue weighted by molar-refractivity contribution is 7.26. The Hall–Kier alpha value is -6.18. The van der Waals surface area contributed by atoms with Gasteiger partial charge < -0.3 is 8.83 Å². The predicted molar refractivity (Wildman–Crippen MR) is 189 cm³/mol. The second kappa shape index (κ2) is 10.2. The minimum atomic E-state index is 0.590. The minimum Gasteiger partial charge on any atom is -0.456 e. The molecule has 10 aromatic rings. The molecule has 6 aromatic carbocycles. The molecule has 10 rings (SSSR count). The van der Waals surface area contributed by atoms with Crippen LogP contribution in [-0.2, 0) is 0 Å². The molecule has 0 saturated carbocycles. The number of hydrogen-bond donors (Lipinski definition) is 0. The van der Waals surface area contributed by atoms with E-state index in [4.69, 9.17) is 28.8 Å². The van der Waals surface area contributed by atoms with Crippen LogP contribution in [0.25, 0.3) is 98.8 Å². The molecule has 0 radical (unpaired) electrons. The van der Waals surface area contributed by atoms with Gasteiger partial charge in [-0.25, -0.2) is 19.9 Å². The van der Waals surface area contributed by atoms with Gasteiger partial charge in [0, 0.05) is 53.2 Å². The molecule has 7 heteroatoms. The summed E-state index contributed by atoms with van der Waals surface area (Å²) < 4.78 is 14.8. The van der Waals surface area contributed by atoms with E-state index in [0.29, 0.717) is 23.4 Å². The van der Waals surface area contributed by atoms with E-state index in [2.05, 4.69) is 42.5 Å². The second-order valence-corrected chi connectivity index (χ2v) is 12.5. The van der Waals surface area contributed by atoms with Crippen molar-refractivity contribution < 1.29 is 8.83 Å². The van der Waals surface area contributed by atoms with Gasteiger partial charge in [0.15, 0.2) is 23.1 Å². The molecular weight excluding hydrogens is 601 g/mol. The van der Waals surface area contributed by atoms with Crippen molar-refractivity contribution in [2.24, 2.45) is 0 Å². The number of nitrogens with zero attached hydrogens (tertiary/aromatic N) is 4. The molecule has 220 valence electrons. The maximum Gasteiger partial charge on any atom is 0.227 e. The van der Waals surface area contributed by atoms with E-state index in [9.17, 15) is 0 Å². The van der Waals surface area contributed by atoms with Gasteiger partial charge in [0.05, 0.1) is 0 Å². The molecule has 6 nitrogen and oxygen atoms in total. The zero-order valence-electron chi connectivity index (χ0n) is 24.7. The molecule has 4 aromatic heterocycles. The average molecular weight is 623 g/mol. The number of oxazole rings is 1. The number of para-hydroxylation sites is 1. The van der Waals surface area contributed by atoms with E-state index in [1.807, 2.05) is 91.0 Å². The van der Waals surface area contributed by atoms with Gasteiger partial charge in [-0.3, -0.25) is 0 Å². The number of hydrogen-bond acceptors (Lipinski definition) is 7. The van der Waals surface area contributed by atoms with Crippen LogP contribution in [0.3, 0.4) is 0 Å². The maximum absolute atomic E-state index is 6.29. The Bertz CT molecular complexity index is 2800. The molecular formula is C40H22N4O2S. The molecule has 0 unspecified atom stereocenters. The van der Waals surface area contributed by atoms with Crippen molar-refractivity contribution in [1.82, 2.24) is 19.9 Å². The summed E-state index contributed by atoms with van der Waals surface area (Å²) in [7, 11) is 0. The third-order valence-electron chi connectivity index (χ3n) is 8.58. The number of aromatic nitrogens is 4. The number of furan rings is 1. The fourth-order valence-electron chi connectivity index (χ4n) is 6.43. The molecule has 4 heterocycles. The van der Waals surface area contributed by atoms with Crippen LogP contribution in [0.1, 0.15) is 0 Å². The van der Waals surface area contributed by atoms with Crippen LogP contribution >= 0.6 is 11.3 Å². The van der Waals surface area contributed by atoms with Crippen molar-refractivity contribution in [3.63, 3.8) is 0 Å². The highest BCUT2D eigenvalue weighted by Crippen LogP contribution is 2.42. The SMILES string of the molecule is c1ccc(-c2nc(-c3cccc4oc5ccccc5c34)nc(-c3cccc4sc5cc6nc(-c7ccccc7)oc6cc5c34)n2)cc1. The van der Waals surface area contributed by atoms with Crippen LogP contribution in [-0.4, -0.2) is 19.9 Å². The van der Waals surface area contributed by atoms with E-state index >= 15 is 0 Å². The van der Waals surface area contributed by atoms with Crippen LogP contribution in [0.5, 0.6) is 0 Å². The molecule has 0 saturated heterocycles. The number of thiophene rings is 1. The van der Waals surface area contributed by atoms with Gasteiger partial charge >= 0.3 is 0 Å². The number of fused-ring (bicyclic) bond motifs is 7. The zero-order valence-corrected chi connectivity index (χ0v) is 25.5. The number of benzene rings is 6. The highest BCUT2D eigenvalue weighted by Gasteiger charge is 2.20. The van der Waals surface area contributed by atoms with Gasteiger partial charge in [-0.05, 0) is 42.5 Å². The van der Waals surface area contributed by atoms with Crippen LogP contribution in [0.2, 0.25) is 0 Å². The molecule has 47 heavy (non-hydrogen) atoms. The summed E-state index contributed by atoms with van der Waals surface area (Å²) in [4.78, 5) is 20.1. The van der Waals surface area contributed by atoms with E-state index in [-0.39, 0.29) is 0 Å². The van der Waals surface area contributed by atoms with Crippen molar-refractivity contribution >= 4 is 64.5 Å². The molecule has 0 atom stereocenters. The molecule has 0 fully saturated rings. The molecule has 0 spiro atoms. The summed E-state index contributed by atoms with van der Waals surface area (Å²) in [5, 5.41) is 4.17. The lowest BCUT2D eigenvalue weighted by Gasteiger charge is -2.10. The van der Waals surface area contributed by atoms with Gasteiger partial charge in [0.25, 0.3) is 0 Å². The van der Waals surface area contributed by atoms with Crippen molar-refractivity contribution in [3.05, 3.63) is 133 Å². The molecule has 0 aliphatic rings. The largest absolute Gasteiger partial charge is 0.456 e. The molecule has 0 aliphatic carbocycles. The lowest BCUT2D eigenvalue weighted by Crippen LogP contribution is -2.00. The van der Waals surface area contributed by atoms with E-state index in [0.717, 1.165) is 75.5 Å². The van der Waals surface area contributed by atoms with Crippen LogP contribution in [0, 0.1) is 0 Å². The molecule has 0 aliphatic heterocycles. The predicted octanol–water partition coefficient (Wildman–Crippen LogP) is 10.9. The first-order valence-electron chi connectivity index (χ1n) is 15.3. The van der Waals surface area contributed by atoms with Gasteiger partial charge in [-0.1, -0.05) is 91.0 Å². The van der Waals surface area contributed by atoms with Crippen LogP contribution < -0.4 is 0 Å². The Labute approximate surface area is 271 Å². The Morgan fingerprint density at radius 1 is 0.426 bits per heavy atom. The lowest BCUT2D eigenvalue weighted by molar-refractivity contribution is 0.620. The van der Waals surface area contributed by atoms with Gasteiger partial charge in [0.2, 0.25) is 5.89 Å². The van der Waals surface area contributed by atoms with Gasteiger partial charge in [-0.15, -0.1) is 11.3 Å². The van der Waals surface area contributed by atoms with E-state index in [1.54, 1.807) is 11.3 Å². The van der Waals surface area contributed by atoms with Crippen molar-refractivity contribution in [1.29, 1.82) is 0 Å².